The topological polar surface area (TPSA) is 45.4 Å². The number of benzene rings is 1. The molecule has 0 amide bonds. The largest absolute Gasteiger partial charge is 0.382 e. The summed E-state index contributed by atoms with van der Waals surface area (Å²) in [5.41, 5.74) is 8.35. The first kappa shape index (κ1) is 15.8. The van der Waals surface area contributed by atoms with Crippen LogP contribution in [-0.4, -0.2) is 43.0 Å². The first-order valence-electron chi connectivity index (χ1n) is 7.33. The summed E-state index contributed by atoms with van der Waals surface area (Å²) in [5, 5.41) is 1.18. The monoisotopic (exact) mass is 304 g/mol. The van der Waals surface area contributed by atoms with Crippen molar-refractivity contribution in [3.8, 4) is 11.1 Å². The van der Waals surface area contributed by atoms with E-state index in [-0.39, 0.29) is 0 Å². The Bertz CT molecular complexity index is 551. The van der Waals surface area contributed by atoms with Crippen LogP contribution in [0.4, 0.5) is 10.8 Å². The predicted octanol–water partition coefficient (Wildman–Crippen LogP) is 3.17. The number of likely N-dealkylation sites (N-methyl/N-ethyl adjacent to an activating group) is 1. The summed E-state index contributed by atoms with van der Waals surface area (Å²) in [5.74, 6) is 0.632. The minimum absolute atomic E-state index is 0.632. The van der Waals surface area contributed by atoms with E-state index >= 15 is 0 Å². The Labute approximate surface area is 131 Å². The number of hydrogen-bond acceptors (Lipinski definition) is 5. The van der Waals surface area contributed by atoms with Crippen LogP contribution in [0.25, 0.3) is 11.1 Å². The van der Waals surface area contributed by atoms with E-state index in [0.29, 0.717) is 5.82 Å². The van der Waals surface area contributed by atoms with Crippen LogP contribution in [0.1, 0.15) is 13.3 Å². The summed E-state index contributed by atoms with van der Waals surface area (Å²) >= 11 is 1.50. The lowest BCUT2D eigenvalue weighted by atomic mass is 10.1. The maximum absolute atomic E-state index is 6.13. The Balaban J connectivity index is 2.33. The Morgan fingerprint density at radius 1 is 1.10 bits per heavy atom. The number of aromatic nitrogens is 1. The van der Waals surface area contributed by atoms with Crippen LogP contribution in [0.15, 0.2) is 30.3 Å². The van der Waals surface area contributed by atoms with E-state index in [0.717, 1.165) is 37.2 Å². The zero-order chi connectivity index (χ0) is 15.2. The molecule has 0 aliphatic heterocycles. The summed E-state index contributed by atoms with van der Waals surface area (Å²) in [7, 11) is 4.20. The molecule has 0 radical (unpaired) electrons. The minimum atomic E-state index is 0.632. The summed E-state index contributed by atoms with van der Waals surface area (Å²) in [6, 6.07) is 10.3. The summed E-state index contributed by atoms with van der Waals surface area (Å²) in [4.78, 5) is 4.60. The van der Waals surface area contributed by atoms with Gasteiger partial charge in [-0.3, -0.25) is 0 Å². The van der Waals surface area contributed by atoms with Gasteiger partial charge in [-0.2, -0.15) is 4.37 Å². The van der Waals surface area contributed by atoms with Crippen molar-refractivity contribution in [3.63, 3.8) is 0 Å². The lowest BCUT2D eigenvalue weighted by molar-refractivity contribution is 0.413. The SMILES string of the molecule is CCCN(CCN(C)C)c1snc(N)c1-c1ccccc1. The number of nitrogen functional groups attached to an aromatic ring is 1. The highest BCUT2D eigenvalue weighted by molar-refractivity contribution is 7.11. The van der Waals surface area contributed by atoms with Crippen LogP contribution in [-0.2, 0) is 0 Å². The smallest absolute Gasteiger partial charge is 0.147 e. The van der Waals surface area contributed by atoms with Crippen molar-refractivity contribution in [1.82, 2.24) is 9.27 Å². The van der Waals surface area contributed by atoms with E-state index in [1.54, 1.807) is 0 Å². The molecule has 0 aliphatic rings. The number of hydrogen-bond donors (Lipinski definition) is 1. The molecule has 1 aromatic carbocycles. The summed E-state index contributed by atoms with van der Waals surface area (Å²) < 4.78 is 4.39. The predicted molar refractivity (Wildman–Crippen MR) is 93.0 cm³/mol. The van der Waals surface area contributed by atoms with Gasteiger partial charge in [-0.05, 0) is 37.6 Å². The highest BCUT2D eigenvalue weighted by Gasteiger charge is 2.18. The van der Waals surface area contributed by atoms with E-state index in [1.165, 1.54) is 16.5 Å². The van der Waals surface area contributed by atoms with Gasteiger partial charge in [0.2, 0.25) is 0 Å². The molecule has 4 nitrogen and oxygen atoms in total. The van der Waals surface area contributed by atoms with Gasteiger partial charge in [0.1, 0.15) is 10.8 Å². The second-order valence-electron chi connectivity index (χ2n) is 5.40. The van der Waals surface area contributed by atoms with Crippen LogP contribution in [0.2, 0.25) is 0 Å². The Hall–Kier alpha value is -1.59. The summed E-state index contributed by atoms with van der Waals surface area (Å²) in [6.45, 7) is 5.24. The van der Waals surface area contributed by atoms with Crippen LogP contribution in [0.5, 0.6) is 0 Å². The van der Waals surface area contributed by atoms with Crippen LogP contribution < -0.4 is 10.6 Å². The third kappa shape index (κ3) is 3.95. The first-order valence-corrected chi connectivity index (χ1v) is 8.11. The number of nitrogens with two attached hydrogens (primary N) is 1. The average Bonchev–Trinajstić information content (AvgIpc) is 2.86. The lowest BCUT2D eigenvalue weighted by Gasteiger charge is -2.25. The third-order valence-corrected chi connectivity index (χ3v) is 4.28. The molecule has 2 aromatic rings. The van der Waals surface area contributed by atoms with Gasteiger partial charge in [-0.1, -0.05) is 37.3 Å². The minimum Gasteiger partial charge on any atom is -0.382 e. The van der Waals surface area contributed by atoms with Gasteiger partial charge in [0.25, 0.3) is 0 Å². The summed E-state index contributed by atoms with van der Waals surface area (Å²) in [6.07, 6.45) is 1.11. The van der Waals surface area contributed by atoms with Crippen molar-refractivity contribution in [1.29, 1.82) is 0 Å². The molecule has 1 heterocycles. The highest BCUT2D eigenvalue weighted by Crippen LogP contribution is 2.39. The van der Waals surface area contributed by atoms with Crippen molar-refractivity contribution in [2.24, 2.45) is 0 Å². The Morgan fingerprint density at radius 2 is 1.81 bits per heavy atom. The fraction of sp³-hybridized carbons (Fsp3) is 0.438. The normalized spacial score (nSPS) is 11.0. The third-order valence-electron chi connectivity index (χ3n) is 3.36. The number of nitrogens with zero attached hydrogens (tertiary/aromatic N) is 3. The lowest BCUT2D eigenvalue weighted by Crippen LogP contribution is -2.32. The molecule has 0 bridgehead atoms. The molecule has 0 atom stereocenters. The second kappa shape index (κ2) is 7.43. The molecule has 0 saturated carbocycles. The van der Waals surface area contributed by atoms with Gasteiger partial charge in [-0.15, -0.1) is 0 Å². The van der Waals surface area contributed by atoms with Crippen LogP contribution in [0, 0.1) is 0 Å². The van der Waals surface area contributed by atoms with Crippen molar-refractivity contribution in [3.05, 3.63) is 30.3 Å². The molecule has 0 spiro atoms. The molecule has 114 valence electrons. The zero-order valence-corrected chi connectivity index (χ0v) is 13.9. The van der Waals surface area contributed by atoms with E-state index in [1.807, 2.05) is 18.2 Å². The van der Waals surface area contributed by atoms with Gasteiger partial charge in [0.15, 0.2) is 0 Å². The van der Waals surface area contributed by atoms with Crippen molar-refractivity contribution >= 4 is 22.4 Å². The first-order chi connectivity index (χ1) is 10.1. The molecule has 0 fully saturated rings. The van der Waals surface area contributed by atoms with E-state index < -0.39 is 0 Å². The molecule has 0 unspecified atom stereocenters. The average molecular weight is 304 g/mol. The molecule has 5 heteroatoms. The quantitative estimate of drug-likeness (QED) is 0.853. The molecule has 2 N–H and O–H groups in total. The Morgan fingerprint density at radius 3 is 2.43 bits per heavy atom. The van der Waals surface area contributed by atoms with Gasteiger partial charge < -0.3 is 15.5 Å². The molecular formula is C16H24N4S. The Kier molecular flexibility index (Phi) is 5.59. The van der Waals surface area contributed by atoms with E-state index in [9.17, 15) is 0 Å². The maximum Gasteiger partial charge on any atom is 0.147 e. The standard InChI is InChI=1S/C16H24N4S/c1-4-10-20(12-11-19(2)3)16-14(15(17)18-21-16)13-8-6-5-7-9-13/h5-9H,4,10-12H2,1-3H3,(H2,17,18). The van der Waals surface area contributed by atoms with Crippen LogP contribution >= 0.6 is 11.5 Å². The van der Waals surface area contributed by atoms with Crippen LogP contribution in [0.3, 0.4) is 0 Å². The van der Waals surface area contributed by atoms with Crippen molar-refractivity contribution < 1.29 is 0 Å². The molecular weight excluding hydrogens is 280 g/mol. The van der Waals surface area contributed by atoms with Gasteiger partial charge in [0.05, 0.1) is 5.56 Å². The molecule has 0 aliphatic carbocycles. The number of rotatable bonds is 7. The van der Waals surface area contributed by atoms with Gasteiger partial charge >= 0.3 is 0 Å². The molecule has 1 aromatic heterocycles. The molecule has 0 saturated heterocycles. The molecule has 21 heavy (non-hydrogen) atoms. The fourth-order valence-corrected chi connectivity index (χ4v) is 3.18. The van der Waals surface area contributed by atoms with Crippen molar-refractivity contribution in [2.75, 3.05) is 44.4 Å². The fourth-order valence-electron chi connectivity index (χ4n) is 2.29. The number of anilines is 2. The van der Waals surface area contributed by atoms with Crippen molar-refractivity contribution in [2.45, 2.75) is 13.3 Å². The molecule has 2 rings (SSSR count). The second-order valence-corrected chi connectivity index (χ2v) is 6.16. The maximum atomic E-state index is 6.13. The van der Waals surface area contributed by atoms with Gasteiger partial charge in [0, 0.05) is 19.6 Å². The van der Waals surface area contributed by atoms with E-state index in [4.69, 9.17) is 5.73 Å². The van der Waals surface area contributed by atoms with E-state index in [2.05, 4.69) is 47.3 Å². The highest BCUT2D eigenvalue weighted by atomic mass is 32.1. The zero-order valence-electron chi connectivity index (χ0n) is 13.0. The van der Waals surface area contributed by atoms with Gasteiger partial charge in [-0.25, -0.2) is 0 Å².